The highest BCUT2D eigenvalue weighted by atomic mass is 32.2. The Morgan fingerprint density at radius 2 is 2.15 bits per heavy atom. The van der Waals surface area contributed by atoms with Crippen LogP contribution in [-0.4, -0.2) is 43.3 Å². The molecule has 0 bridgehead atoms. The Bertz CT molecular complexity index is 916. The minimum absolute atomic E-state index is 0.172. The van der Waals surface area contributed by atoms with Crippen molar-refractivity contribution in [2.45, 2.75) is 37.2 Å². The number of pyridine rings is 1. The van der Waals surface area contributed by atoms with E-state index in [0.717, 1.165) is 5.69 Å². The fourth-order valence-corrected chi connectivity index (χ4v) is 5.10. The summed E-state index contributed by atoms with van der Waals surface area (Å²) in [5.41, 5.74) is 1.34. The van der Waals surface area contributed by atoms with E-state index in [1.807, 2.05) is 12.1 Å². The summed E-state index contributed by atoms with van der Waals surface area (Å²) >= 11 is 0. The highest BCUT2D eigenvalue weighted by molar-refractivity contribution is 7.89. The van der Waals surface area contributed by atoms with Gasteiger partial charge in [-0.25, -0.2) is 8.42 Å². The van der Waals surface area contributed by atoms with Crippen molar-refractivity contribution in [3.63, 3.8) is 0 Å². The summed E-state index contributed by atoms with van der Waals surface area (Å²) in [6, 6.07) is 9.66. The second-order valence-corrected chi connectivity index (χ2v) is 8.30. The molecule has 2 heterocycles. The van der Waals surface area contributed by atoms with Gasteiger partial charge in [-0.3, -0.25) is 9.78 Å². The first-order chi connectivity index (χ1) is 12.9. The largest absolute Gasteiger partial charge is 0.497 e. The molecule has 27 heavy (non-hydrogen) atoms. The molecule has 1 aliphatic rings. The van der Waals surface area contributed by atoms with Crippen molar-refractivity contribution in [1.82, 2.24) is 14.6 Å². The topological polar surface area (TPSA) is 88.6 Å². The van der Waals surface area contributed by atoms with Crippen LogP contribution in [0.4, 0.5) is 0 Å². The van der Waals surface area contributed by atoms with Crippen LogP contribution in [0.2, 0.25) is 0 Å². The summed E-state index contributed by atoms with van der Waals surface area (Å²) in [5, 5.41) is 2.80. The summed E-state index contributed by atoms with van der Waals surface area (Å²) in [6.07, 6.45) is 2.79. The van der Waals surface area contributed by atoms with Crippen LogP contribution in [0.15, 0.2) is 47.5 Å². The summed E-state index contributed by atoms with van der Waals surface area (Å²) < 4.78 is 32.8. The van der Waals surface area contributed by atoms with Gasteiger partial charge in [0.1, 0.15) is 11.8 Å². The van der Waals surface area contributed by atoms with Crippen molar-refractivity contribution in [2.24, 2.45) is 0 Å². The Morgan fingerprint density at radius 1 is 1.33 bits per heavy atom. The third kappa shape index (κ3) is 4.12. The number of rotatable bonds is 6. The van der Waals surface area contributed by atoms with Crippen LogP contribution in [0, 0.1) is 6.92 Å². The summed E-state index contributed by atoms with van der Waals surface area (Å²) in [5.74, 6) is 0.164. The SMILES string of the molecule is COc1ccc(C)c(S(=O)(=O)N2CCC[C@H]2C(=O)NCc2ccccn2)c1. The molecule has 0 unspecified atom stereocenters. The van der Waals surface area contributed by atoms with Gasteiger partial charge in [0.15, 0.2) is 0 Å². The maximum atomic E-state index is 13.2. The molecule has 1 amide bonds. The highest BCUT2D eigenvalue weighted by Gasteiger charge is 2.40. The fraction of sp³-hybridized carbons (Fsp3) is 0.368. The van der Waals surface area contributed by atoms with Gasteiger partial charge in [0.05, 0.1) is 24.2 Å². The van der Waals surface area contributed by atoms with Crippen molar-refractivity contribution in [3.05, 3.63) is 53.9 Å². The van der Waals surface area contributed by atoms with Gasteiger partial charge >= 0.3 is 0 Å². The van der Waals surface area contributed by atoms with E-state index >= 15 is 0 Å². The number of sulfonamides is 1. The van der Waals surface area contributed by atoms with Gasteiger partial charge in [0.2, 0.25) is 15.9 Å². The number of carbonyl (C=O) groups excluding carboxylic acids is 1. The van der Waals surface area contributed by atoms with E-state index in [-0.39, 0.29) is 17.3 Å². The van der Waals surface area contributed by atoms with Gasteiger partial charge in [-0.15, -0.1) is 0 Å². The number of nitrogens with zero attached hydrogens (tertiary/aromatic N) is 2. The minimum Gasteiger partial charge on any atom is -0.497 e. The van der Waals surface area contributed by atoms with Crippen molar-refractivity contribution in [3.8, 4) is 5.75 Å². The van der Waals surface area contributed by atoms with E-state index in [0.29, 0.717) is 30.7 Å². The van der Waals surface area contributed by atoms with Gasteiger partial charge in [0, 0.05) is 18.8 Å². The lowest BCUT2D eigenvalue weighted by Gasteiger charge is -2.24. The van der Waals surface area contributed by atoms with Gasteiger partial charge in [0.25, 0.3) is 0 Å². The first-order valence-electron chi connectivity index (χ1n) is 8.77. The molecule has 0 saturated carbocycles. The Balaban J connectivity index is 1.79. The minimum atomic E-state index is -3.80. The van der Waals surface area contributed by atoms with E-state index in [9.17, 15) is 13.2 Å². The zero-order valence-electron chi connectivity index (χ0n) is 15.4. The van der Waals surface area contributed by atoms with E-state index in [4.69, 9.17) is 4.74 Å². The number of aromatic nitrogens is 1. The monoisotopic (exact) mass is 389 g/mol. The van der Waals surface area contributed by atoms with Gasteiger partial charge in [-0.2, -0.15) is 4.31 Å². The Kier molecular flexibility index (Phi) is 5.76. The van der Waals surface area contributed by atoms with E-state index < -0.39 is 16.1 Å². The number of benzene rings is 1. The van der Waals surface area contributed by atoms with Crippen LogP contribution in [0.1, 0.15) is 24.1 Å². The van der Waals surface area contributed by atoms with Crippen LogP contribution in [0.25, 0.3) is 0 Å². The Labute approximate surface area is 159 Å². The molecule has 1 atom stereocenters. The molecule has 1 aromatic carbocycles. The van der Waals surface area contributed by atoms with Crippen molar-refractivity contribution in [1.29, 1.82) is 0 Å². The molecule has 8 heteroatoms. The van der Waals surface area contributed by atoms with E-state index in [1.54, 1.807) is 31.3 Å². The molecule has 1 fully saturated rings. The lowest BCUT2D eigenvalue weighted by atomic mass is 10.2. The molecule has 0 spiro atoms. The Hall–Kier alpha value is -2.45. The third-order valence-corrected chi connectivity index (χ3v) is 6.71. The molecule has 3 rings (SSSR count). The van der Waals surface area contributed by atoms with Crippen LogP contribution >= 0.6 is 0 Å². The van der Waals surface area contributed by atoms with Crippen molar-refractivity contribution < 1.29 is 17.9 Å². The first kappa shape index (κ1) is 19.3. The predicted octanol–water partition coefficient (Wildman–Crippen LogP) is 1.87. The van der Waals surface area contributed by atoms with E-state index in [2.05, 4.69) is 10.3 Å². The molecule has 1 aromatic heterocycles. The number of ether oxygens (including phenoxy) is 1. The molecular weight excluding hydrogens is 366 g/mol. The molecule has 7 nitrogen and oxygen atoms in total. The smallest absolute Gasteiger partial charge is 0.244 e. The van der Waals surface area contributed by atoms with Gasteiger partial charge < -0.3 is 10.1 Å². The number of hydrogen-bond acceptors (Lipinski definition) is 5. The maximum Gasteiger partial charge on any atom is 0.244 e. The molecule has 0 aliphatic carbocycles. The standard InChI is InChI=1S/C19H23N3O4S/c1-14-8-9-16(26-2)12-18(14)27(24,25)22-11-5-7-17(22)19(23)21-13-15-6-3-4-10-20-15/h3-4,6,8-10,12,17H,5,7,11,13H2,1-2H3,(H,21,23)/t17-/m0/s1. The molecular formula is C19H23N3O4S. The molecule has 1 aliphatic heterocycles. The zero-order chi connectivity index (χ0) is 19.4. The van der Waals surface area contributed by atoms with Gasteiger partial charge in [-0.05, 0) is 43.5 Å². The number of methoxy groups -OCH3 is 1. The number of aryl methyl sites for hydroxylation is 1. The second kappa shape index (κ2) is 8.06. The summed E-state index contributed by atoms with van der Waals surface area (Å²) in [6.45, 7) is 2.32. The number of nitrogens with one attached hydrogen (secondary N) is 1. The number of amides is 1. The van der Waals surface area contributed by atoms with Crippen LogP contribution in [0.5, 0.6) is 5.75 Å². The normalized spacial score (nSPS) is 17.6. The number of carbonyl (C=O) groups is 1. The Morgan fingerprint density at radius 3 is 2.85 bits per heavy atom. The van der Waals surface area contributed by atoms with Crippen molar-refractivity contribution in [2.75, 3.05) is 13.7 Å². The van der Waals surface area contributed by atoms with Crippen LogP contribution in [-0.2, 0) is 21.4 Å². The van der Waals surface area contributed by atoms with Crippen LogP contribution in [0.3, 0.4) is 0 Å². The second-order valence-electron chi connectivity index (χ2n) is 6.44. The maximum absolute atomic E-state index is 13.2. The van der Waals surface area contributed by atoms with E-state index in [1.165, 1.54) is 17.5 Å². The molecule has 2 aromatic rings. The zero-order valence-corrected chi connectivity index (χ0v) is 16.2. The third-order valence-electron chi connectivity index (χ3n) is 4.66. The van der Waals surface area contributed by atoms with Crippen molar-refractivity contribution >= 4 is 15.9 Å². The first-order valence-corrected chi connectivity index (χ1v) is 10.2. The molecule has 1 saturated heterocycles. The quantitative estimate of drug-likeness (QED) is 0.815. The van der Waals surface area contributed by atoms with Crippen LogP contribution < -0.4 is 10.1 Å². The average Bonchev–Trinajstić information content (AvgIpc) is 3.18. The van der Waals surface area contributed by atoms with Gasteiger partial charge in [-0.1, -0.05) is 12.1 Å². The molecule has 0 radical (unpaired) electrons. The fourth-order valence-electron chi connectivity index (χ4n) is 3.20. The molecule has 144 valence electrons. The lowest BCUT2D eigenvalue weighted by Crippen LogP contribution is -2.45. The molecule has 1 N–H and O–H groups in total. The average molecular weight is 389 g/mol. The predicted molar refractivity (Wildman–Crippen MR) is 101 cm³/mol. The summed E-state index contributed by atoms with van der Waals surface area (Å²) in [7, 11) is -2.31. The highest BCUT2D eigenvalue weighted by Crippen LogP contribution is 2.30. The summed E-state index contributed by atoms with van der Waals surface area (Å²) in [4.78, 5) is 17.0. The number of hydrogen-bond donors (Lipinski definition) is 1. The lowest BCUT2D eigenvalue weighted by molar-refractivity contribution is -0.124.